The molecule has 0 saturated carbocycles. The molecule has 6 heteroatoms. The molecule has 0 aliphatic carbocycles. The van der Waals surface area contributed by atoms with Crippen LogP contribution in [0.3, 0.4) is 0 Å². The van der Waals surface area contributed by atoms with E-state index in [1.54, 1.807) is 6.07 Å². The van der Waals surface area contributed by atoms with Crippen LogP contribution in [0.15, 0.2) is 60.8 Å². The van der Waals surface area contributed by atoms with E-state index < -0.39 is 5.97 Å². The molecule has 2 heterocycles. The van der Waals surface area contributed by atoms with Crippen LogP contribution in [0.2, 0.25) is 5.02 Å². The highest BCUT2D eigenvalue weighted by atomic mass is 35.5. The third-order valence-electron chi connectivity index (χ3n) is 5.61. The minimum Gasteiger partial charge on any atom is -0.478 e. The third-order valence-corrected chi connectivity index (χ3v) is 5.85. The molecular weight excluding hydrogens is 398 g/mol. The maximum Gasteiger partial charge on any atom is 0.339 e. The van der Waals surface area contributed by atoms with E-state index in [1.165, 1.54) is 11.8 Å². The van der Waals surface area contributed by atoms with E-state index in [4.69, 9.17) is 11.6 Å². The van der Waals surface area contributed by atoms with Gasteiger partial charge in [-0.2, -0.15) is 0 Å². The number of hydrogen-bond donors (Lipinski definition) is 1. The van der Waals surface area contributed by atoms with Crippen molar-refractivity contribution in [2.24, 2.45) is 5.92 Å². The zero-order valence-corrected chi connectivity index (χ0v) is 17.4. The Kier molecular flexibility index (Phi) is 6.29. The predicted molar refractivity (Wildman–Crippen MR) is 118 cm³/mol. The van der Waals surface area contributed by atoms with Gasteiger partial charge in [-0.25, -0.2) is 14.8 Å². The number of rotatable bonds is 6. The monoisotopic (exact) mass is 421 g/mol. The van der Waals surface area contributed by atoms with E-state index in [1.807, 2.05) is 24.3 Å². The SMILES string of the molecule is O=C(O)c1cnc(N2CCC(Cc3ccccc3)CC2)nc1Cc1cccc(Cl)c1. The summed E-state index contributed by atoms with van der Waals surface area (Å²) in [7, 11) is 0. The number of carbonyl (C=O) groups is 1. The van der Waals surface area contributed by atoms with E-state index in [0.29, 0.717) is 29.0 Å². The van der Waals surface area contributed by atoms with Gasteiger partial charge in [0.2, 0.25) is 5.95 Å². The molecule has 1 fully saturated rings. The molecule has 0 amide bonds. The van der Waals surface area contributed by atoms with Crippen molar-refractivity contribution in [2.45, 2.75) is 25.7 Å². The number of nitrogens with zero attached hydrogens (tertiary/aromatic N) is 3. The second-order valence-corrected chi connectivity index (χ2v) is 8.20. The maximum atomic E-state index is 11.7. The molecule has 1 aliphatic heterocycles. The molecular formula is C24H24ClN3O2. The van der Waals surface area contributed by atoms with E-state index in [9.17, 15) is 9.90 Å². The van der Waals surface area contributed by atoms with Gasteiger partial charge >= 0.3 is 5.97 Å². The van der Waals surface area contributed by atoms with Crippen LogP contribution in [-0.2, 0) is 12.8 Å². The van der Waals surface area contributed by atoms with E-state index >= 15 is 0 Å². The fourth-order valence-electron chi connectivity index (χ4n) is 4.00. The van der Waals surface area contributed by atoms with Crippen molar-refractivity contribution in [3.63, 3.8) is 0 Å². The summed E-state index contributed by atoms with van der Waals surface area (Å²) in [6, 6.07) is 18.0. The highest BCUT2D eigenvalue weighted by Crippen LogP contribution is 2.25. The third kappa shape index (κ3) is 4.97. The van der Waals surface area contributed by atoms with Crippen molar-refractivity contribution in [1.82, 2.24) is 9.97 Å². The number of benzene rings is 2. The summed E-state index contributed by atoms with van der Waals surface area (Å²) in [4.78, 5) is 22.8. The summed E-state index contributed by atoms with van der Waals surface area (Å²) < 4.78 is 0. The van der Waals surface area contributed by atoms with Gasteiger partial charge in [-0.15, -0.1) is 0 Å². The lowest BCUT2D eigenvalue weighted by atomic mass is 9.90. The number of piperidine rings is 1. The van der Waals surface area contributed by atoms with Gasteiger partial charge in [-0.05, 0) is 48.4 Å². The molecule has 5 nitrogen and oxygen atoms in total. The first-order valence-corrected chi connectivity index (χ1v) is 10.6. The highest BCUT2D eigenvalue weighted by molar-refractivity contribution is 6.30. The molecule has 1 N–H and O–H groups in total. The number of halogens is 1. The lowest BCUT2D eigenvalue weighted by molar-refractivity contribution is 0.0695. The maximum absolute atomic E-state index is 11.7. The number of aromatic nitrogens is 2. The van der Waals surface area contributed by atoms with Gasteiger partial charge in [0.05, 0.1) is 11.3 Å². The average Bonchev–Trinajstić information content (AvgIpc) is 2.75. The van der Waals surface area contributed by atoms with Gasteiger partial charge < -0.3 is 10.0 Å². The van der Waals surface area contributed by atoms with E-state index in [2.05, 4.69) is 39.1 Å². The van der Waals surface area contributed by atoms with Gasteiger partial charge in [0.1, 0.15) is 0 Å². The first-order chi connectivity index (χ1) is 14.6. The molecule has 154 valence electrons. The Balaban J connectivity index is 1.47. The molecule has 1 aliphatic rings. The summed E-state index contributed by atoms with van der Waals surface area (Å²) in [5, 5.41) is 10.2. The molecule has 1 saturated heterocycles. The summed E-state index contributed by atoms with van der Waals surface area (Å²) in [5.74, 6) is 0.239. The molecule has 0 unspecified atom stereocenters. The van der Waals surface area contributed by atoms with Gasteiger partial charge in [-0.3, -0.25) is 0 Å². The number of carboxylic acid groups (broad SMARTS) is 1. The highest BCUT2D eigenvalue weighted by Gasteiger charge is 2.23. The lowest BCUT2D eigenvalue weighted by Crippen LogP contribution is -2.35. The van der Waals surface area contributed by atoms with E-state index in [0.717, 1.165) is 37.9 Å². The standard InChI is InChI=1S/C24H24ClN3O2/c25-20-8-4-7-19(14-20)15-22-21(23(29)30)16-26-24(27-22)28-11-9-18(10-12-28)13-17-5-2-1-3-6-17/h1-8,14,16,18H,9-13,15H2,(H,29,30). The summed E-state index contributed by atoms with van der Waals surface area (Å²) >= 11 is 6.08. The zero-order chi connectivity index (χ0) is 20.9. The fourth-order valence-corrected chi connectivity index (χ4v) is 4.21. The van der Waals surface area contributed by atoms with Crippen molar-refractivity contribution in [3.8, 4) is 0 Å². The minimum atomic E-state index is -1.01. The Labute approximate surface area is 181 Å². The van der Waals surface area contributed by atoms with Crippen LogP contribution in [0.4, 0.5) is 5.95 Å². The Bertz CT molecular complexity index is 1020. The molecule has 4 rings (SSSR count). The molecule has 3 aromatic rings. The van der Waals surface area contributed by atoms with Crippen molar-refractivity contribution in [3.05, 3.63) is 88.2 Å². The van der Waals surface area contributed by atoms with Gasteiger partial charge in [0.15, 0.2) is 0 Å². The van der Waals surface area contributed by atoms with Gasteiger partial charge in [0.25, 0.3) is 0 Å². The van der Waals surface area contributed by atoms with Crippen molar-refractivity contribution >= 4 is 23.5 Å². The van der Waals surface area contributed by atoms with Crippen LogP contribution in [0, 0.1) is 5.92 Å². The van der Waals surface area contributed by atoms with Crippen LogP contribution < -0.4 is 4.90 Å². The molecule has 2 aromatic carbocycles. The molecule has 0 spiro atoms. The van der Waals surface area contributed by atoms with Crippen LogP contribution in [-0.4, -0.2) is 34.1 Å². The first-order valence-electron chi connectivity index (χ1n) is 10.2. The Morgan fingerprint density at radius 1 is 1.07 bits per heavy atom. The van der Waals surface area contributed by atoms with Gasteiger partial charge in [0, 0.05) is 30.7 Å². The van der Waals surface area contributed by atoms with Crippen LogP contribution >= 0.6 is 11.6 Å². The molecule has 0 radical (unpaired) electrons. The first kappa shape index (κ1) is 20.4. The quantitative estimate of drug-likeness (QED) is 0.614. The molecule has 30 heavy (non-hydrogen) atoms. The average molecular weight is 422 g/mol. The number of hydrogen-bond acceptors (Lipinski definition) is 4. The number of anilines is 1. The van der Waals surface area contributed by atoms with Crippen molar-refractivity contribution in [1.29, 1.82) is 0 Å². The fraction of sp³-hybridized carbons (Fsp3) is 0.292. The Morgan fingerprint density at radius 3 is 2.50 bits per heavy atom. The zero-order valence-electron chi connectivity index (χ0n) is 16.7. The predicted octanol–water partition coefficient (Wildman–Crippen LogP) is 4.88. The summed E-state index contributed by atoms with van der Waals surface area (Å²) in [6.45, 7) is 1.75. The molecule has 0 bridgehead atoms. The topological polar surface area (TPSA) is 66.3 Å². The Morgan fingerprint density at radius 2 is 1.80 bits per heavy atom. The van der Waals surface area contributed by atoms with Crippen molar-refractivity contribution < 1.29 is 9.90 Å². The smallest absolute Gasteiger partial charge is 0.339 e. The Hall–Kier alpha value is -2.92. The molecule has 1 aromatic heterocycles. The normalized spacial score (nSPS) is 14.6. The largest absolute Gasteiger partial charge is 0.478 e. The second kappa shape index (κ2) is 9.26. The lowest BCUT2D eigenvalue weighted by Gasteiger charge is -2.32. The number of aromatic carboxylic acids is 1. The molecule has 0 atom stereocenters. The number of carboxylic acids is 1. The minimum absolute atomic E-state index is 0.137. The summed E-state index contributed by atoms with van der Waals surface area (Å²) in [5.41, 5.74) is 2.96. The summed E-state index contributed by atoms with van der Waals surface area (Å²) in [6.07, 6.45) is 5.07. The van der Waals surface area contributed by atoms with Crippen LogP contribution in [0.25, 0.3) is 0 Å². The van der Waals surface area contributed by atoms with E-state index in [-0.39, 0.29) is 5.56 Å². The van der Waals surface area contributed by atoms with Crippen LogP contribution in [0.5, 0.6) is 0 Å². The van der Waals surface area contributed by atoms with Crippen LogP contribution in [0.1, 0.15) is 40.0 Å². The second-order valence-electron chi connectivity index (χ2n) is 7.76. The van der Waals surface area contributed by atoms with Crippen molar-refractivity contribution in [2.75, 3.05) is 18.0 Å². The van der Waals surface area contributed by atoms with Gasteiger partial charge in [-0.1, -0.05) is 54.1 Å².